The lowest BCUT2D eigenvalue weighted by Gasteiger charge is -2.26. The molecule has 0 spiro atoms. The lowest BCUT2D eigenvalue weighted by atomic mass is 9.80. The van der Waals surface area contributed by atoms with Gasteiger partial charge >= 0.3 is 0 Å². The number of hydrogen-bond donors (Lipinski definition) is 2. The van der Waals surface area contributed by atoms with Crippen molar-refractivity contribution in [2.75, 3.05) is 0 Å². The lowest BCUT2D eigenvalue weighted by Crippen LogP contribution is -2.10. The van der Waals surface area contributed by atoms with Gasteiger partial charge in [-0.3, -0.25) is 0 Å². The van der Waals surface area contributed by atoms with Crippen LogP contribution in [-0.2, 0) is 10.8 Å². The average Bonchev–Trinajstić information content (AvgIpc) is 3.56. The Bertz CT molecular complexity index is 843. The van der Waals surface area contributed by atoms with Crippen LogP contribution in [0.1, 0.15) is 98.6 Å². The SMILES string of the molecule is CCCC(c1cc(C)cc(C2(C)CC2)c1O)c1cc(C)cc(C2(C)CC2)c1O. The number of benzene rings is 2. The fourth-order valence-corrected chi connectivity index (χ4v) is 4.75. The maximum Gasteiger partial charge on any atom is 0.123 e. The molecule has 2 saturated carbocycles. The number of hydrogen-bond acceptors (Lipinski definition) is 2. The topological polar surface area (TPSA) is 40.5 Å². The predicted molar refractivity (Wildman–Crippen MR) is 116 cm³/mol. The molecule has 2 aliphatic rings. The molecule has 28 heavy (non-hydrogen) atoms. The molecule has 2 aromatic carbocycles. The molecule has 0 aliphatic heterocycles. The molecule has 0 saturated heterocycles. The Labute approximate surface area is 169 Å². The molecule has 2 aliphatic carbocycles. The van der Waals surface area contributed by atoms with E-state index in [-0.39, 0.29) is 16.7 Å². The fraction of sp³-hybridized carbons (Fsp3) is 0.538. The predicted octanol–water partition coefficient (Wildman–Crippen LogP) is 6.75. The van der Waals surface area contributed by atoms with E-state index in [4.69, 9.17) is 0 Å². The molecule has 0 unspecified atom stereocenters. The van der Waals surface area contributed by atoms with E-state index in [0.29, 0.717) is 11.5 Å². The summed E-state index contributed by atoms with van der Waals surface area (Å²) in [4.78, 5) is 0. The molecule has 150 valence electrons. The maximum absolute atomic E-state index is 11.3. The van der Waals surface area contributed by atoms with Gasteiger partial charge in [0, 0.05) is 28.2 Å². The Morgan fingerprint density at radius 3 is 1.50 bits per heavy atom. The van der Waals surface area contributed by atoms with Crippen LogP contribution in [-0.4, -0.2) is 10.2 Å². The third-order valence-electron chi connectivity index (χ3n) is 7.20. The van der Waals surface area contributed by atoms with Crippen LogP contribution in [0.5, 0.6) is 11.5 Å². The molecule has 2 aromatic rings. The van der Waals surface area contributed by atoms with Crippen molar-refractivity contribution in [2.45, 2.75) is 89.9 Å². The van der Waals surface area contributed by atoms with Crippen molar-refractivity contribution in [1.82, 2.24) is 0 Å². The summed E-state index contributed by atoms with van der Waals surface area (Å²) in [5.41, 5.74) is 6.76. The third-order valence-corrected chi connectivity index (χ3v) is 7.20. The van der Waals surface area contributed by atoms with Crippen molar-refractivity contribution in [1.29, 1.82) is 0 Å². The van der Waals surface area contributed by atoms with Crippen LogP contribution in [0.15, 0.2) is 24.3 Å². The van der Waals surface area contributed by atoms with Gasteiger partial charge < -0.3 is 10.2 Å². The van der Waals surface area contributed by atoms with Gasteiger partial charge in [-0.05, 0) is 56.8 Å². The van der Waals surface area contributed by atoms with E-state index in [9.17, 15) is 10.2 Å². The van der Waals surface area contributed by atoms with Gasteiger partial charge in [-0.15, -0.1) is 0 Å². The van der Waals surface area contributed by atoms with Crippen molar-refractivity contribution in [3.63, 3.8) is 0 Å². The fourth-order valence-electron chi connectivity index (χ4n) is 4.75. The van der Waals surface area contributed by atoms with E-state index in [1.807, 2.05) is 0 Å². The maximum atomic E-state index is 11.3. The summed E-state index contributed by atoms with van der Waals surface area (Å²) in [7, 11) is 0. The Hall–Kier alpha value is -1.96. The average molecular weight is 379 g/mol. The second kappa shape index (κ2) is 6.54. The van der Waals surface area contributed by atoms with Crippen LogP contribution in [0.2, 0.25) is 0 Å². The first-order valence-electron chi connectivity index (χ1n) is 10.9. The third kappa shape index (κ3) is 3.21. The Balaban J connectivity index is 1.88. The van der Waals surface area contributed by atoms with E-state index in [1.165, 1.54) is 11.1 Å². The molecule has 2 nitrogen and oxygen atoms in total. The van der Waals surface area contributed by atoms with Gasteiger partial charge in [-0.1, -0.05) is 62.6 Å². The van der Waals surface area contributed by atoms with Gasteiger partial charge in [0.05, 0.1) is 0 Å². The van der Waals surface area contributed by atoms with Crippen molar-refractivity contribution >= 4 is 0 Å². The van der Waals surface area contributed by atoms with Crippen LogP contribution in [0.4, 0.5) is 0 Å². The largest absolute Gasteiger partial charge is 0.507 e. The summed E-state index contributed by atoms with van der Waals surface area (Å²) in [5, 5.41) is 22.5. The van der Waals surface area contributed by atoms with Crippen LogP contribution in [0.3, 0.4) is 0 Å². The van der Waals surface area contributed by atoms with Gasteiger partial charge in [0.25, 0.3) is 0 Å². The lowest BCUT2D eigenvalue weighted by molar-refractivity contribution is 0.437. The highest BCUT2D eigenvalue weighted by Gasteiger charge is 2.43. The molecular weight excluding hydrogens is 344 g/mol. The van der Waals surface area contributed by atoms with E-state index in [0.717, 1.165) is 60.8 Å². The second-order valence-corrected chi connectivity index (χ2v) is 9.96. The number of rotatable bonds is 6. The van der Waals surface area contributed by atoms with E-state index >= 15 is 0 Å². The number of aromatic hydroxyl groups is 2. The number of phenols is 2. The molecule has 0 bridgehead atoms. The van der Waals surface area contributed by atoms with Gasteiger partial charge in [-0.2, -0.15) is 0 Å². The molecule has 0 heterocycles. The van der Waals surface area contributed by atoms with Crippen molar-refractivity contribution in [3.05, 3.63) is 57.6 Å². The van der Waals surface area contributed by atoms with Gasteiger partial charge in [0.15, 0.2) is 0 Å². The molecule has 2 heteroatoms. The number of phenolic OH excluding ortho intramolecular Hbond substituents is 2. The van der Waals surface area contributed by atoms with Gasteiger partial charge in [-0.25, -0.2) is 0 Å². The van der Waals surface area contributed by atoms with Crippen LogP contribution >= 0.6 is 0 Å². The summed E-state index contributed by atoms with van der Waals surface area (Å²) in [6, 6.07) is 8.57. The van der Waals surface area contributed by atoms with Crippen LogP contribution in [0.25, 0.3) is 0 Å². The van der Waals surface area contributed by atoms with Crippen molar-refractivity contribution in [2.24, 2.45) is 0 Å². The monoisotopic (exact) mass is 378 g/mol. The molecular formula is C26H34O2. The Morgan fingerprint density at radius 2 is 1.18 bits per heavy atom. The minimum atomic E-state index is 0.0204. The zero-order valence-electron chi connectivity index (χ0n) is 18.0. The quantitative estimate of drug-likeness (QED) is 0.583. The van der Waals surface area contributed by atoms with E-state index in [1.54, 1.807) is 0 Å². The van der Waals surface area contributed by atoms with Gasteiger partial charge in [0.1, 0.15) is 11.5 Å². The van der Waals surface area contributed by atoms with Gasteiger partial charge in [0.2, 0.25) is 0 Å². The standard InChI is InChI=1S/C26H34O2/c1-6-7-18(19-12-16(2)14-21(23(19)27)25(4)8-9-25)20-13-17(3)15-22(24(20)28)26(5)10-11-26/h12-15,18,27-28H,6-11H2,1-5H3. The summed E-state index contributed by atoms with van der Waals surface area (Å²) >= 11 is 0. The molecule has 0 radical (unpaired) electrons. The van der Waals surface area contributed by atoms with Crippen molar-refractivity contribution in [3.8, 4) is 11.5 Å². The zero-order chi connectivity index (χ0) is 20.3. The highest BCUT2D eigenvalue weighted by Crippen LogP contribution is 2.55. The van der Waals surface area contributed by atoms with Crippen LogP contribution in [0, 0.1) is 13.8 Å². The molecule has 2 N–H and O–H groups in total. The zero-order valence-corrected chi connectivity index (χ0v) is 18.0. The second-order valence-electron chi connectivity index (χ2n) is 9.96. The summed E-state index contributed by atoms with van der Waals surface area (Å²) < 4.78 is 0. The smallest absolute Gasteiger partial charge is 0.123 e. The molecule has 0 atom stereocenters. The first kappa shape index (κ1) is 19.4. The Kier molecular flexibility index (Phi) is 4.52. The molecule has 0 aromatic heterocycles. The first-order valence-corrected chi connectivity index (χ1v) is 10.9. The normalized spacial score (nSPS) is 19.1. The minimum Gasteiger partial charge on any atom is -0.507 e. The summed E-state index contributed by atoms with van der Waals surface area (Å²) in [6.07, 6.45) is 6.48. The first-order chi connectivity index (χ1) is 13.2. The minimum absolute atomic E-state index is 0.0204. The molecule has 2 fully saturated rings. The van der Waals surface area contributed by atoms with Crippen molar-refractivity contribution < 1.29 is 10.2 Å². The highest BCUT2D eigenvalue weighted by atomic mass is 16.3. The molecule has 4 rings (SSSR count). The summed E-state index contributed by atoms with van der Waals surface area (Å²) in [5.74, 6) is 0.917. The summed E-state index contributed by atoms with van der Waals surface area (Å²) in [6.45, 7) is 10.9. The highest BCUT2D eigenvalue weighted by molar-refractivity contribution is 5.57. The Morgan fingerprint density at radius 1 is 0.786 bits per heavy atom. The number of aryl methyl sites for hydroxylation is 2. The van der Waals surface area contributed by atoms with E-state index in [2.05, 4.69) is 58.9 Å². The van der Waals surface area contributed by atoms with Crippen LogP contribution < -0.4 is 0 Å². The molecule has 0 amide bonds. The van der Waals surface area contributed by atoms with E-state index < -0.39 is 0 Å².